The van der Waals surface area contributed by atoms with E-state index in [2.05, 4.69) is 15.0 Å². The molecule has 0 spiro atoms. The van der Waals surface area contributed by atoms with Crippen molar-refractivity contribution in [3.8, 4) is 11.4 Å². The zero-order valence-electron chi connectivity index (χ0n) is 8.23. The van der Waals surface area contributed by atoms with Crippen LogP contribution in [0.5, 0.6) is 0 Å². The lowest BCUT2D eigenvalue weighted by molar-refractivity contribution is 1.13. The molecule has 0 saturated carbocycles. The lowest BCUT2D eigenvalue weighted by Crippen LogP contribution is -1.92. The van der Waals surface area contributed by atoms with E-state index in [4.69, 9.17) is 0 Å². The minimum Gasteiger partial charge on any atom is -0.261 e. The first-order valence-corrected chi connectivity index (χ1v) is 4.48. The molecule has 0 radical (unpaired) electrons. The van der Waals surface area contributed by atoms with Gasteiger partial charge in [-0.3, -0.25) is 4.98 Å². The van der Waals surface area contributed by atoms with E-state index >= 15 is 0 Å². The molecule has 0 atom stereocenters. The summed E-state index contributed by atoms with van der Waals surface area (Å²) in [5.74, 6) is 0.734. The molecule has 2 aromatic rings. The summed E-state index contributed by atoms with van der Waals surface area (Å²) in [6.45, 7) is 4.02. The molecule has 3 nitrogen and oxygen atoms in total. The molecule has 3 heteroatoms. The molecule has 2 rings (SSSR count). The molecule has 2 heterocycles. The van der Waals surface area contributed by atoms with Gasteiger partial charge in [-0.1, -0.05) is 0 Å². The van der Waals surface area contributed by atoms with Gasteiger partial charge in [0.2, 0.25) is 0 Å². The highest BCUT2D eigenvalue weighted by molar-refractivity contribution is 5.58. The number of rotatable bonds is 1. The van der Waals surface area contributed by atoms with Crippen molar-refractivity contribution in [2.75, 3.05) is 0 Å². The van der Waals surface area contributed by atoms with Crippen molar-refractivity contribution in [1.82, 2.24) is 15.0 Å². The van der Waals surface area contributed by atoms with Crippen molar-refractivity contribution in [2.24, 2.45) is 0 Å². The average Bonchev–Trinajstić information content (AvgIpc) is 2.19. The summed E-state index contributed by atoms with van der Waals surface area (Å²) < 4.78 is 0. The molecule has 0 aliphatic rings. The van der Waals surface area contributed by atoms with Crippen LogP contribution in [-0.2, 0) is 0 Å². The van der Waals surface area contributed by atoms with Gasteiger partial charge in [0, 0.05) is 29.8 Å². The summed E-state index contributed by atoms with van der Waals surface area (Å²) in [6.07, 6.45) is 5.29. The molecular weight excluding hydrogens is 174 g/mol. The van der Waals surface area contributed by atoms with Crippen LogP contribution in [0.2, 0.25) is 0 Å². The Morgan fingerprint density at radius 1 is 1.00 bits per heavy atom. The van der Waals surface area contributed by atoms with Crippen molar-refractivity contribution < 1.29 is 0 Å². The number of pyridine rings is 1. The van der Waals surface area contributed by atoms with Gasteiger partial charge in [0.1, 0.15) is 0 Å². The standard InChI is InChI=1S/C11H11N3/c1-8-6-9(2)14-7-10(8)11-12-4-3-5-13-11/h3-7H,1-2H3. The molecule has 0 fully saturated rings. The molecule has 0 aromatic carbocycles. The highest BCUT2D eigenvalue weighted by atomic mass is 14.9. The lowest BCUT2D eigenvalue weighted by Gasteiger charge is -2.03. The third kappa shape index (κ3) is 1.62. The Hall–Kier alpha value is -1.77. The van der Waals surface area contributed by atoms with Gasteiger partial charge in [-0.25, -0.2) is 9.97 Å². The zero-order chi connectivity index (χ0) is 9.97. The topological polar surface area (TPSA) is 38.7 Å². The van der Waals surface area contributed by atoms with Gasteiger partial charge in [-0.2, -0.15) is 0 Å². The van der Waals surface area contributed by atoms with E-state index < -0.39 is 0 Å². The van der Waals surface area contributed by atoms with E-state index in [9.17, 15) is 0 Å². The quantitative estimate of drug-likeness (QED) is 0.683. The van der Waals surface area contributed by atoms with Crippen molar-refractivity contribution >= 4 is 0 Å². The van der Waals surface area contributed by atoms with Crippen LogP contribution >= 0.6 is 0 Å². The second kappa shape index (κ2) is 3.54. The SMILES string of the molecule is Cc1cc(C)c(-c2ncccn2)cn1. The summed E-state index contributed by atoms with van der Waals surface area (Å²) in [6, 6.07) is 3.84. The van der Waals surface area contributed by atoms with Gasteiger partial charge in [0.25, 0.3) is 0 Å². The number of nitrogens with zero attached hydrogens (tertiary/aromatic N) is 3. The summed E-state index contributed by atoms with van der Waals surface area (Å²) in [5, 5.41) is 0. The van der Waals surface area contributed by atoms with Gasteiger partial charge < -0.3 is 0 Å². The number of hydrogen-bond donors (Lipinski definition) is 0. The Bertz CT molecular complexity index is 438. The summed E-state index contributed by atoms with van der Waals surface area (Å²) in [4.78, 5) is 12.6. The molecule has 14 heavy (non-hydrogen) atoms. The first kappa shape index (κ1) is 8.81. The minimum atomic E-state index is 0.734. The fourth-order valence-corrected chi connectivity index (χ4v) is 1.37. The van der Waals surface area contributed by atoms with E-state index in [1.807, 2.05) is 26.1 Å². The molecule has 70 valence electrons. The van der Waals surface area contributed by atoms with E-state index in [1.54, 1.807) is 18.5 Å². The second-order valence-electron chi connectivity index (χ2n) is 3.21. The van der Waals surface area contributed by atoms with Crippen molar-refractivity contribution in [1.29, 1.82) is 0 Å². The van der Waals surface area contributed by atoms with Crippen LogP contribution in [0.4, 0.5) is 0 Å². The molecule has 0 N–H and O–H groups in total. The maximum atomic E-state index is 4.24. The first-order chi connectivity index (χ1) is 6.77. The number of hydrogen-bond acceptors (Lipinski definition) is 3. The maximum absolute atomic E-state index is 4.24. The van der Waals surface area contributed by atoms with Crippen LogP contribution in [0.3, 0.4) is 0 Å². The summed E-state index contributed by atoms with van der Waals surface area (Å²) >= 11 is 0. The molecule has 0 unspecified atom stereocenters. The van der Waals surface area contributed by atoms with Gasteiger partial charge in [-0.05, 0) is 31.5 Å². The normalized spacial score (nSPS) is 10.1. The van der Waals surface area contributed by atoms with Crippen LogP contribution < -0.4 is 0 Å². The van der Waals surface area contributed by atoms with Gasteiger partial charge in [0.15, 0.2) is 5.82 Å². The van der Waals surface area contributed by atoms with Gasteiger partial charge >= 0.3 is 0 Å². The Balaban J connectivity index is 2.53. The summed E-state index contributed by atoms with van der Waals surface area (Å²) in [7, 11) is 0. The molecule has 0 saturated heterocycles. The van der Waals surface area contributed by atoms with Crippen molar-refractivity contribution in [2.45, 2.75) is 13.8 Å². The fraction of sp³-hybridized carbons (Fsp3) is 0.182. The molecule has 0 aliphatic heterocycles. The molecular formula is C11H11N3. The second-order valence-corrected chi connectivity index (χ2v) is 3.21. The third-order valence-electron chi connectivity index (χ3n) is 2.05. The van der Waals surface area contributed by atoms with Crippen LogP contribution in [0.1, 0.15) is 11.3 Å². The smallest absolute Gasteiger partial charge is 0.160 e. The highest BCUT2D eigenvalue weighted by Gasteiger charge is 2.03. The van der Waals surface area contributed by atoms with Gasteiger partial charge in [-0.15, -0.1) is 0 Å². The zero-order valence-corrected chi connectivity index (χ0v) is 8.23. The largest absolute Gasteiger partial charge is 0.261 e. The first-order valence-electron chi connectivity index (χ1n) is 4.48. The maximum Gasteiger partial charge on any atom is 0.160 e. The molecule has 0 bridgehead atoms. The molecule has 0 amide bonds. The van der Waals surface area contributed by atoms with E-state index in [0.29, 0.717) is 0 Å². The van der Waals surface area contributed by atoms with E-state index in [0.717, 1.165) is 22.6 Å². The van der Waals surface area contributed by atoms with Crippen LogP contribution in [0, 0.1) is 13.8 Å². The van der Waals surface area contributed by atoms with Crippen molar-refractivity contribution in [3.05, 3.63) is 42.0 Å². The Labute approximate surface area is 82.9 Å². The average molecular weight is 185 g/mol. The van der Waals surface area contributed by atoms with Gasteiger partial charge in [0.05, 0.1) is 0 Å². The van der Waals surface area contributed by atoms with Crippen LogP contribution in [0.25, 0.3) is 11.4 Å². The Kier molecular flexibility index (Phi) is 2.23. The van der Waals surface area contributed by atoms with Crippen LogP contribution in [-0.4, -0.2) is 15.0 Å². The third-order valence-corrected chi connectivity index (χ3v) is 2.05. The van der Waals surface area contributed by atoms with E-state index in [1.165, 1.54) is 0 Å². The highest BCUT2D eigenvalue weighted by Crippen LogP contribution is 2.17. The number of aryl methyl sites for hydroxylation is 2. The lowest BCUT2D eigenvalue weighted by atomic mass is 10.1. The van der Waals surface area contributed by atoms with Crippen molar-refractivity contribution in [3.63, 3.8) is 0 Å². The van der Waals surface area contributed by atoms with Crippen LogP contribution in [0.15, 0.2) is 30.7 Å². The fourth-order valence-electron chi connectivity index (χ4n) is 1.37. The molecule has 0 aliphatic carbocycles. The Morgan fingerprint density at radius 3 is 2.36 bits per heavy atom. The minimum absolute atomic E-state index is 0.734. The monoisotopic (exact) mass is 185 g/mol. The number of aromatic nitrogens is 3. The van der Waals surface area contributed by atoms with E-state index in [-0.39, 0.29) is 0 Å². The summed E-state index contributed by atoms with van der Waals surface area (Å²) in [5.41, 5.74) is 3.17. The Morgan fingerprint density at radius 2 is 1.71 bits per heavy atom. The predicted octanol–water partition coefficient (Wildman–Crippen LogP) is 2.16. The molecule has 2 aromatic heterocycles. The predicted molar refractivity (Wildman–Crippen MR) is 54.7 cm³/mol.